The van der Waals surface area contributed by atoms with Crippen molar-refractivity contribution in [3.05, 3.63) is 120 Å². The van der Waals surface area contributed by atoms with E-state index in [1.807, 2.05) is 77.7 Å². The minimum Gasteiger partial charge on any atom is -0.348 e. The highest BCUT2D eigenvalue weighted by molar-refractivity contribution is 6.09. The van der Waals surface area contributed by atoms with E-state index in [0.29, 0.717) is 39.4 Å². The summed E-state index contributed by atoms with van der Waals surface area (Å²) in [6.07, 6.45) is 0. The van der Waals surface area contributed by atoms with Crippen LogP contribution >= 0.6 is 0 Å². The van der Waals surface area contributed by atoms with Crippen LogP contribution in [0.1, 0.15) is 49.2 Å². The van der Waals surface area contributed by atoms with E-state index < -0.39 is 5.97 Å². The number of fused-ring (bicyclic) bond motifs is 1. The highest BCUT2D eigenvalue weighted by atomic mass is 16.7. The predicted octanol–water partition coefficient (Wildman–Crippen LogP) is 6.35. The van der Waals surface area contributed by atoms with E-state index in [4.69, 9.17) is 9.68 Å². The van der Waals surface area contributed by atoms with Gasteiger partial charge in [-0.25, -0.2) is 9.59 Å². The molecule has 0 aliphatic heterocycles. The number of aromatic nitrogens is 3. The van der Waals surface area contributed by atoms with Gasteiger partial charge in [0.15, 0.2) is 17.6 Å². The van der Waals surface area contributed by atoms with E-state index in [1.165, 1.54) is 18.5 Å². The van der Waals surface area contributed by atoms with Crippen LogP contribution in [-0.4, -0.2) is 44.2 Å². The third-order valence-electron chi connectivity index (χ3n) is 6.74. The molecule has 0 N–H and O–H groups in total. The largest absolute Gasteiger partial charge is 0.348 e. The maximum Gasteiger partial charge on any atom is 0.331 e. The van der Waals surface area contributed by atoms with Crippen molar-refractivity contribution in [1.29, 1.82) is 0 Å². The zero-order valence-corrected chi connectivity index (χ0v) is 25.0. The number of hydrogen-bond donors (Lipinski definition) is 0. The van der Waals surface area contributed by atoms with Gasteiger partial charge in [0.1, 0.15) is 5.52 Å². The molecule has 0 bridgehead atoms. The fraction of sp³-hybridized carbons (Fsp3) is 0.118. The molecule has 0 saturated heterocycles. The van der Waals surface area contributed by atoms with Crippen molar-refractivity contribution in [3.63, 3.8) is 0 Å². The summed E-state index contributed by atoms with van der Waals surface area (Å²) < 4.78 is 1.51. The van der Waals surface area contributed by atoms with Gasteiger partial charge in [0.05, 0.1) is 16.9 Å². The summed E-state index contributed by atoms with van der Waals surface area (Å²) >= 11 is 0. The zero-order valence-electron chi connectivity index (χ0n) is 25.0. The van der Waals surface area contributed by atoms with Crippen LogP contribution in [0.2, 0.25) is 0 Å². The highest BCUT2D eigenvalue weighted by Gasteiger charge is 2.20. The van der Waals surface area contributed by atoms with E-state index >= 15 is 0 Å². The highest BCUT2D eigenvalue weighted by Crippen LogP contribution is 2.38. The van der Waals surface area contributed by atoms with Gasteiger partial charge in [-0.1, -0.05) is 64.1 Å². The van der Waals surface area contributed by atoms with Gasteiger partial charge in [-0.15, -0.1) is 5.10 Å². The van der Waals surface area contributed by atoms with Crippen LogP contribution in [0.5, 0.6) is 0 Å². The number of rotatable bonds is 9. The van der Waals surface area contributed by atoms with E-state index in [9.17, 15) is 14.4 Å². The molecule has 0 fully saturated rings. The maximum atomic E-state index is 13.1. The lowest BCUT2D eigenvalue weighted by Crippen LogP contribution is -2.12. The van der Waals surface area contributed by atoms with Gasteiger partial charge in [0.25, 0.3) is 0 Å². The molecule has 5 rings (SSSR count). The average Bonchev–Trinajstić information content (AvgIpc) is 3.52. The second kappa shape index (κ2) is 13.4. The Balaban J connectivity index is 1.59. The molecule has 0 spiro atoms. The number of allylic oxidation sites excluding steroid dienone is 1. The smallest absolute Gasteiger partial charge is 0.331 e. The summed E-state index contributed by atoms with van der Waals surface area (Å²) in [6.45, 7) is 6.17. The molecule has 1 heterocycles. The van der Waals surface area contributed by atoms with E-state index in [1.54, 1.807) is 44.1 Å². The van der Waals surface area contributed by atoms with Crippen LogP contribution in [0.15, 0.2) is 113 Å². The van der Waals surface area contributed by atoms with Gasteiger partial charge < -0.3 is 14.6 Å². The molecule has 0 aliphatic rings. The summed E-state index contributed by atoms with van der Waals surface area (Å²) in [5.41, 5.74) is 5.91. The molecule has 0 aliphatic carbocycles. The summed E-state index contributed by atoms with van der Waals surface area (Å²) in [7, 11) is 0. The summed E-state index contributed by atoms with van der Waals surface area (Å²) in [6, 6.07) is 29.6. The molecule has 0 radical (unpaired) electrons. The van der Waals surface area contributed by atoms with Crippen LogP contribution in [-0.2, 0) is 19.3 Å². The Morgan fingerprint density at radius 3 is 1.98 bits per heavy atom. The minimum atomic E-state index is -0.505. The van der Waals surface area contributed by atoms with Crippen molar-refractivity contribution in [1.82, 2.24) is 15.0 Å². The zero-order chi connectivity index (χ0) is 31.9. The van der Waals surface area contributed by atoms with Crippen LogP contribution in [0.25, 0.3) is 11.0 Å². The SMILES string of the molecule is CC(=O)O/N=C(/C)c1ccc(N(c2ccc(C(=O)c3ccccc3)cc2)c2cccc3c2nnn3/C(C)=N\OC(C)=C=O)cc1. The van der Waals surface area contributed by atoms with E-state index in [0.717, 1.165) is 16.9 Å². The number of carbonyl (C=O) groups excluding carboxylic acids is 3. The number of oxime groups is 2. The normalized spacial score (nSPS) is 11.6. The Labute approximate surface area is 258 Å². The fourth-order valence-corrected chi connectivity index (χ4v) is 4.52. The Kier molecular flexibility index (Phi) is 9.02. The third kappa shape index (κ3) is 6.74. The van der Waals surface area contributed by atoms with E-state index in [2.05, 4.69) is 20.6 Å². The average molecular weight is 601 g/mol. The van der Waals surface area contributed by atoms with Crippen LogP contribution in [0.3, 0.4) is 0 Å². The number of anilines is 3. The molecular weight excluding hydrogens is 572 g/mol. The van der Waals surface area contributed by atoms with Gasteiger partial charge >= 0.3 is 5.97 Å². The first-order valence-corrected chi connectivity index (χ1v) is 13.9. The van der Waals surface area contributed by atoms with Gasteiger partial charge in [0, 0.05) is 36.3 Å². The molecule has 224 valence electrons. The third-order valence-corrected chi connectivity index (χ3v) is 6.74. The Morgan fingerprint density at radius 2 is 1.36 bits per heavy atom. The molecular formula is C34H28N6O5. The molecule has 0 atom stereocenters. The van der Waals surface area contributed by atoms with Crippen LogP contribution in [0, 0.1) is 0 Å². The van der Waals surface area contributed by atoms with Crippen LogP contribution < -0.4 is 4.90 Å². The molecule has 11 heteroatoms. The van der Waals surface area contributed by atoms with Crippen molar-refractivity contribution in [3.8, 4) is 0 Å². The van der Waals surface area contributed by atoms with Crippen molar-refractivity contribution in [2.45, 2.75) is 27.7 Å². The molecule has 1 aromatic heterocycles. The van der Waals surface area contributed by atoms with Gasteiger partial charge in [-0.2, -0.15) is 4.68 Å². The fourth-order valence-electron chi connectivity index (χ4n) is 4.52. The summed E-state index contributed by atoms with van der Waals surface area (Å²) in [5.74, 6) is 1.39. The molecule has 0 amide bonds. The van der Waals surface area contributed by atoms with Gasteiger partial charge in [-0.3, -0.25) is 4.79 Å². The summed E-state index contributed by atoms with van der Waals surface area (Å²) in [5, 5.41) is 16.6. The van der Waals surface area contributed by atoms with Crippen molar-refractivity contribution >= 4 is 57.3 Å². The van der Waals surface area contributed by atoms with Crippen molar-refractivity contribution in [2.75, 3.05) is 4.90 Å². The molecule has 45 heavy (non-hydrogen) atoms. The number of hydrogen-bond acceptors (Lipinski definition) is 10. The molecule has 5 aromatic rings. The van der Waals surface area contributed by atoms with Gasteiger partial charge in [0.2, 0.25) is 5.76 Å². The first-order valence-electron chi connectivity index (χ1n) is 13.9. The van der Waals surface area contributed by atoms with Gasteiger partial charge in [-0.05, 0) is 67.9 Å². The molecule has 0 saturated carbocycles. The lowest BCUT2D eigenvalue weighted by molar-refractivity contribution is -0.140. The van der Waals surface area contributed by atoms with Crippen molar-refractivity contribution in [2.24, 2.45) is 10.3 Å². The standard InChI is InChI=1S/C34H28N6O5/c1-22(21-41)44-37-24(3)40-32-12-8-11-31(33(32)35-38-40)39(29-17-13-26(14-18-29)23(2)36-45-25(4)42)30-19-15-28(16-20-30)34(43)27-9-6-5-7-10-27/h5-20H,1-4H3/b36-23-,37-24-. The predicted molar refractivity (Wildman–Crippen MR) is 171 cm³/mol. The second-order valence-electron chi connectivity index (χ2n) is 9.92. The minimum absolute atomic E-state index is 0.0172. The van der Waals surface area contributed by atoms with Crippen molar-refractivity contribution < 1.29 is 24.1 Å². The lowest BCUT2D eigenvalue weighted by atomic mass is 10.0. The molecule has 11 nitrogen and oxygen atoms in total. The Hall–Kier alpha value is -6.19. The Morgan fingerprint density at radius 1 is 0.733 bits per heavy atom. The number of nitrogens with zero attached hydrogens (tertiary/aromatic N) is 6. The first kappa shape index (κ1) is 30.3. The Bertz CT molecular complexity index is 1970. The number of benzene rings is 4. The maximum absolute atomic E-state index is 13.1. The number of carbonyl (C=O) groups is 2. The first-order chi connectivity index (χ1) is 21.8. The number of ketones is 1. The monoisotopic (exact) mass is 600 g/mol. The summed E-state index contributed by atoms with van der Waals surface area (Å²) in [4.78, 5) is 47.0. The molecule has 0 unspecified atom stereocenters. The second-order valence-corrected chi connectivity index (χ2v) is 9.92. The topological polar surface area (TPSA) is 128 Å². The quantitative estimate of drug-likeness (QED) is 0.0364. The van der Waals surface area contributed by atoms with Crippen LogP contribution in [0.4, 0.5) is 17.1 Å². The lowest BCUT2D eigenvalue weighted by Gasteiger charge is -2.26. The molecule has 4 aromatic carbocycles. The van der Waals surface area contributed by atoms with E-state index in [-0.39, 0.29) is 11.5 Å².